The number of benzene rings is 1. The number of methoxy groups -OCH3 is 1. The van der Waals surface area contributed by atoms with E-state index >= 15 is 0 Å². The predicted molar refractivity (Wildman–Crippen MR) is 152 cm³/mol. The van der Waals surface area contributed by atoms with Gasteiger partial charge in [-0.1, -0.05) is 29.8 Å². The number of rotatable bonds is 6. The van der Waals surface area contributed by atoms with Crippen LogP contribution in [0.15, 0.2) is 64.9 Å². The molecule has 6 atom stereocenters. The van der Waals surface area contributed by atoms with Crippen LogP contribution < -0.4 is 4.74 Å². The first-order chi connectivity index (χ1) is 19.9. The first kappa shape index (κ1) is 26.2. The number of ether oxygens (including phenoxy) is 1. The van der Waals surface area contributed by atoms with Crippen molar-refractivity contribution in [1.82, 2.24) is 9.80 Å². The quantitative estimate of drug-likeness (QED) is 0.335. The van der Waals surface area contributed by atoms with E-state index in [1.54, 1.807) is 12.1 Å². The standard InChI is InChI=1S/C31H28N2O6S2/c1-39-24-9-6-16(12-23(24)34)25-19-7-8-20-26(30(37)32(28(20)35)14-17-4-2-10-40-17)21(19)13-22-27(25)31(38)33(29(22)36)15-18-5-3-11-41-18/h2-7,9-12,20-22,25-27,34H,8,13-15H2,1H3. The molecule has 0 bridgehead atoms. The number of fused-ring (bicyclic) bond motifs is 4. The lowest BCUT2D eigenvalue weighted by Gasteiger charge is -2.44. The third-order valence-corrected chi connectivity index (χ3v) is 10.9. The summed E-state index contributed by atoms with van der Waals surface area (Å²) < 4.78 is 5.25. The number of nitrogens with zero attached hydrogens (tertiary/aromatic N) is 2. The Morgan fingerprint density at radius 3 is 2.05 bits per heavy atom. The maximum Gasteiger partial charge on any atom is 0.234 e. The number of aromatic hydroxyl groups is 1. The lowest BCUT2D eigenvalue weighted by Crippen LogP contribution is -2.43. The molecule has 3 fully saturated rings. The molecule has 6 unspecified atom stereocenters. The number of phenolic OH excluding ortho intramolecular Hbond substituents is 1. The molecule has 1 saturated carbocycles. The number of carbonyl (C=O) groups is 4. The van der Waals surface area contributed by atoms with Crippen LogP contribution in [-0.2, 0) is 32.3 Å². The van der Waals surface area contributed by atoms with Crippen LogP contribution in [0, 0.1) is 29.6 Å². The summed E-state index contributed by atoms with van der Waals surface area (Å²) in [5.74, 6) is -3.77. The molecule has 0 spiro atoms. The van der Waals surface area contributed by atoms with Crippen molar-refractivity contribution in [3.05, 3.63) is 80.2 Å². The smallest absolute Gasteiger partial charge is 0.234 e. The molecule has 3 aromatic rings. The highest BCUT2D eigenvalue weighted by Crippen LogP contribution is 2.58. The van der Waals surface area contributed by atoms with Crippen LogP contribution in [0.1, 0.15) is 34.1 Å². The Morgan fingerprint density at radius 2 is 1.46 bits per heavy atom. The number of carbonyl (C=O) groups excluding carboxylic acids is 4. The van der Waals surface area contributed by atoms with Gasteiger partial charge in [0, 0.05) is 15.7 Å². The van der Waals surface area contributed by atoms with Crippen LogP contribution in [0.3, 0.4) is 0 Å². The van der Waals surface area contributed by atoms with Crippen molar-refractivity contribution < 1.29 is 29.0 Å². The second-order valence-electron chi connectivity index (χ2n) is 11.1. The molecule has 41 heavy (non-hydrogen) atoms. The molecular weight excluding hydrogens is 560 g/mol. The fourth-order valence-electron chi connectivity index (χ4n) is 7.42. The summed E-state index contributed by atoms with van der Waals surface area (Å²) in [4.78, 5) is 59.8. The Bertz CT molecular complexity index is 1580. The van der Waals surface area contributed by atoms with Crippen LogP contribution in [-0.4, -0.2) is 45.6 Å². The average Bonchev–Trinajstić information content (AvgIpc) is 3.77. The molecule has 210 valence electrons. The zero-order valence-corrected chi connectivity index (χ0v) is 23.9. The van der Waals surface area contributed by atoms with Gasteiger partial charge in [-0.25, -0.2) is 0 Å². The zero-order chi connectivity index (χ0) is 28.4. The lowest BCUT2D eigenvalue weighted by atomic mass is 9.57. The summed E-state index contributed by atoms with van der Waals surface area (Å²) in [7, 11) is 1.47. The van der Waals surface area contributed by atoms with Gasteiger partial charge in [0.05, 0.1) is 43.9 Å². The van der Waals surface area contributed by atoms with E-state index in [-0.39, 0.29) is 48.4 Å². The minimum Gasteiger partial charge on any atom is -0.504 e. The van der Waals surface area contributed by atoms with Gasteiger partial charge < -0.3 is 9.84 Å². The molecule has 2 aromatic heterocycles. The number of thiophene rings is 2. The number of phenols is 1. The topological polar surface area (TPSA) is 104 Å². The molecular formula is C31H28N2O6S2. The molecule has 10 heteroatoms. The summed E-state index contributed by atoms with van der Waals surface area (Å²) in [6, 6.07) is 12.7. The number of hydrogen-bond donors (Lipinski definition) is 1. The molecule has 2 aliphatic carbocycles. The van der Waals surface area contributed by atoms with Crippen LogP contribution in [0.2, 0.25) is 0 Å². The van der Waals surface area contributed by atoms with Gasteiger partial charge in [-0.05, 0) is 59.3 Å². The molecule has 8 nitrogen and oxygen atoms in total. The van der Waals surface area contributed by atoms with Crippen molar-refractivity contribution >= 4 is 46.3 Å². The second kappa shape index (κ2) is 9.95. The highest BCUT2D eigenvalue weighted by atomic mass is 32.1. The lowest BCUT2D eigenvalue weighted by molar-refractivity contribution is -0.142. The Balaban J connectivity index is 1.29. The Labute approximate surface area is 244 Å². The molecule has 0 radical (unpaired) electrons. The van der Waals surface area contributed by atoms with Crippen molar-refractivity contribution in [2.75, 3.05) is 7.11 Å². The first-order valence-corrected chi connectivity index (χ1v) is 15.4. The predicted octanol–water partition coefficient (Wildman–Crippen LogP) is 4.56. The average molecular weight is 589 g/mol. The molecule has 1 aromatic carbocycles. The van der Waals surface area contributed by atoms with Gasteiger partial charge in [0.15, 0.2) is 11.5 Å². The highest BCUT2D eigenvalue weighted by molar-refractivity contribution is 7.10. The summed E-state index contributed by atoms with van der Waals surface area (Å²) in [5.41, 5.74) is 1.61. The number of imide groups is 2. The van der Waals surface area contributed by atoms with E-state index in [9.17, 15) is 24.3 Å². The van der Waals surface area contributed by atoms with Crippen LogP contribution >= 0.6 is 22.7 Å². The molecule has 4 amide bonds. The van der Waals surface area contributed by atoms with E-state index in [1.165, 1.54) is 39.6 Å². The molecule has 2 saturated heterocycles. The largest absolute Gasteiger partial charge is 0.504 e. The summed E-state index contributed by atoms with van der Waals surface area (Å²) >= 11 is 3.00. The van der Waals surface area contributed by atoms with Crippen LogP contribution in [0.4, 0.5) is 0 Å². The van der Waals surface area contributed by atoms with Crippen molar-refractivity contribution in [2.24, 2.45) is 29.6 Å². The Kier molecular flexibility index (Phi) is 6.35. The van der Waals surface area contributed by atoms with Crippen molar-refractivity contribution in [2.45, 2.75) is 31.8 Å². The van der Waals surface area contributed by atoms with Crippen LogP contribution in [0.25, 0.3) is 0 Å². The van der Waals surface area contributed by atoms with E-state index in [0.29, 0.717) is 24.2 Å². The van der Waals surface area contributed by atoms with E-state index in [1.807, 2.05) is 47.2 Å². The third-order valence-electron chi connectivity index (χ3n) is 9.18. The monoisotopic (exact) mass is 588 g/mol. The molecule has 7 rings (SSSR count). The number of allylic oxidation sites excluding steroid dienone is 2. The van der Waals surface area contributed by atoms with E-state index in [0.717, 1.165) is 15.3 Å². The third kappa shape index (κ3) is 4.06. The van der Waals surface area contributed by atoms with Gasteiger partial charge in [0.1, 0.15) is 0 Å². The normalized spacial score (nSPS) is 29.0. The minimum absolute atomic E-state index is 0.0561. The maximum atomic E-state index is 14.0. The van der Waals surface area contributed by atoms with E-state index in [2.05, 4.69) is 0 Å². The number of amides is 4. The first-order valence-electron chi connectivity index (χ1n) is 13.7. The number of likely N-dealkylation sites (tertiary alicyclic amines) is 2. The molecule has 4 heterocycles. The molecule has 1 N–H and O–H groups in total. The number of hydrogen-bond acceptors (Lipinski definition) is 8. The molecule has 2 aliphatic heterocycles. The van der Waals surface area contributed by atoms with Gasteiger partial charge in [-0.3, -0.25) is 29.0 Å². The second-order valence-corrected chi connectivity index (χ2v) is 13.2. The van der Waals surface area contributed by atoms with E-state index in [4.69, 9.17) is 4.74 Å². The van der Waals surface area contributed by atoms with E-state index < -0.39 is 29.6 Å². The van der Waals surface area contributed by atoms with Gasteiger partial charge in [0.25, 0.3) is 0 Å². The van der Waals surface area contributed by atoms with Gasteiger partial charge in [0.2, 0.25) is 23.6 Å². The Morgan fingerprint density at radius 1 is 0.829 bits per heavy atom. The van der Waals surface area contributed by atoms with Crippen molar-refractivity contribution in [3.8, 4) is 11.5 Å². The highest BCUT2D eigenvalue weighted by Gasteiger charge is 2.61. The summed E-state index contributed by atoms with van der Waals surface area (Å²) in [6.45, 7) is 0.461. The van der Waals surface area contributed by atoms with Gasteiger partial charge in [-0.2, -0.15) is 0 Å². The fraction of sp³-hybridized carbons (Fsp3) is 0.355. The SMILES string of the molecule is COc1ccc(C2C3=CCC4C(=O)N(Cc5cccs5)C(=O)C4C3CC3C(=O)N(Cc4cccs4)C(=O)C32)cc1O. The Hall–Kier alpha value is -3.76. The minimum atomic E-state index is -0.649. The van der Waals surface area contributed by atoms with Gasteiger partial charge in [-0.15, -0.1) is 22.7 Å². The van der Waals surface area contributed by atoms with Crippen molar-refractivity contribution in [1.29, 1.82) is 0 Å². The summed E-state index contributed by atoms with van der Waals surface area (Å²) in [6.07, 6.45) is 2.76. The maximum absolute atomic E-state index is 14.0. The van der Waals surface area contributed by atoms with Gasteiger partial charge >= 0.3 is 0 Å². The fourth-order valence-corrected chi connectivity index (χ4v) is 8.81. The summed E-state index contributed by atoms with van der Waals surface area (Å²) in [5, 5.41) is 14.5. The van der Waals surface area contributed by atoms with Crippen LogP contribution in [0.5, 0.6) is 11.5 Å². The molecule has 4 aliphatic rings. The zero-order valence-electron chi connectivity index (χ0n) is 22.3. The van der Waals surface area contributed by atoms with Crippen molar-refractivity contribution in [3.63, 3.8) is 0 Å².